The third-order valence-corrected chi connectivity index (χ3v) is 6.34. The zero-order chi connectivity index (χ0) is 22.2. The molecule has 7 nitrogen and oxygen atoms in total. The number of nitrogens with zero attached hydrogens (tertiary/aromatic N) is 1. The van der Waals surface area contributed by atoms with Gasteiger partial charge in [-0.25, -0.2) is 0 Å². The molecule has 0 bridgehead atoms. The highest BCUT2D eigenvalue weighted by molar-refractivity contribution is 6.49. The van der Waals surface area contributed by atoms with Crippen molar-refractivity contribution in [1.82, 2.24) is 10.2 Å². The number of ketones is 2. The van der Waals surface area contributed by atoms with Gasteiger partial charge in [0, 0.05) is 19.6 Å². The number of aromatic hydroxyl groups is 1. The molecule has 2 aliphatic carbocycles. The number of carbonyl (C=O) groups excluding carboxylic acids is 3. The molecule has 31 heavy (non-hydrogen) atoms. The molecule has 2 saturated carbocycles. The van der Waals surface area contributed by atoms with Crippen LogP contribution in [0.4, 0.5) is 5.69 Å². The van der Waals surface area contributed by atoms with E-state index in [9.17, 15) is 19.5 Å². The van der Waals surface area contributed by atoms with Gasteiger partial charge in [0.25, 0.3) is 5.91 Å². The Bertz CT molecular complexity index is 1010. The van der Waals surface area contributed by atoms with Crippen LogP contribution in [0.25, 0.3) is 0 Å². The van der Waals surface area contributed by atoms with E-state index < -0.39 is 23.7 Å². The van der Waals surface area contributed by atoms with Crippen LogP contribution < -0.4 is 10.6 Å². The first-order valence-electron chi connectivity index (χ1n) is 10.6. The Hall–Kier alpha value is -3.19. The molecule has 2 aromatic rings. The van der Waals surface area contributed by atoms with Gasteiger partial charge in [-0.15, -0.1) is 0 Å². The number of hydrogen-bond donors (Lipinski definition) is 3. The maximum Gasteiger partial charge on any atom is 0.257 e. The van der Waals surface area contributed by atoms with E-state index in [1.165, 1.54) is 11.0 Å². The summed E-state index contributed by atoms with van der Waals surface area (Å²) < 4.78 is 0. The highest BCUT2D eigenvalue weighted by atomic mass is 16.3. The number of Topliss-reactive ketones (excluding diaryl/α,β-unsaturated/α-hetero) is 2. The van der Waals surface area contributed by atoms with Crippen LogP contribution in [0.3, 0.4) is 0 Å². The smallest absolute Gasteiger partial charge is 0.257 e. The molecule has 0 radical (unpaired) electrons. The second-order valence-corrected chi connectivity index (χ2v) is 8.53. The van der Waals surface area contributed by atoms with Crippen LogP contribution in [0.5, 0.6) is 5.75 Å². The average molecular weight is 421 g/mol. The Kier molecular flexibility index (Phi) is 5.54. The van der Waals surface area contributed by atoms with Gasteiger partial charge in [0.05, 0.1) is 11.3 Å². The first-order valence-corrected chi connectivity index (χ1v) is 10.6. The Morgan fingerprint density at radius 3 is 2.26 bits per heavy atom. The molecule has 0 saturated heterocycles. The Morgan fingerprint density at radius 2 is 1.61 bits per heavy atom. The lowest BCUT2D eigenvalue weighted by Crippen LogP contribution is -2.70. The van der Waals surface area contributed by atoms with Crippen molar-refractivity contribution in [3.8, 4) is 5.75 Å². The van der Waals surface area contributed by atoms with Gasteiger partial charge in [-0.2, -0.15) is 0 Å². The SMILES string of the molecule is CN(C)C(=O)c1cccc(NC2C(=O)C(=O)C2NC2(c3ccccc3)CCCC2)c1O. The van der Waals surface area contributed by atoms with E-state index in [0.717, 1.165) is 31.2 Å². The molecule has 3 N–H and O–H groups in total. The number of nitrogens with one attached hydrogen (secondary N) is 2. The van der Waals surface area contributed by atoms with Crippen molar-refractivity contribution in [3.63, 3.8) is 0 Å². The fraction of sp³-hybridized carbons (Fsp3) is 0.375. The summed E-state index contributed by atoms with van der Waals surface area (Å²) in [6.07, 6.45) is 3.87. The highest BCUT2D eigenvalue weighted by Gasteiger charge is 2.53. The molecule has 2 fully saturated rings. The van der Waals surface area contributed by atoms with Crippen molar-refractivity contribution in [2.45, 2.75) is 43.3 Å². The number of amides is 1. The first kappa shape index (κ1) is 21.1. The summed E-state index contributed by atoms with van der Waals surface area (Å²) in [6, 6.07) is 13.3. The Labute approximate surface area is 181 Å². The van der Waals surface area contributed by atoms with Gasteiger partial charge in [0.2, 0.25) is 11.6 Å². The molecule has 2 atom stereocenters. The minimum atomic E-state index is -0.802. The summed E-state index contributed by atoms with van der Waals surface area (Å²) in [6.45, 7) is 0. The molecule has 0 aliphatic heterocycles. The van der Waals surface area contributed by atoms with Gasteiger partial charge < -0.3 is 15.3 Å². The van der Waals surface area contributed by atoms with Crippen molar-refractivity contribution < 1.29 is 19.5 Å². The molecule has 162 valence electrons. The standard InChI is InChI=1S/C24H27N3O4/c1-27(2)23(31)16-11-8-12-17(20(16)28)25-18-19(22(30)21(18)29)26-24(13-6-7-14-24)15-9-4-3-5-10-15/h3-5,8-12,18-19,25-26,28H,6-7,13-14H2,1-2H3. The lowest BCUT2D eigenvalue weighted by molar-refractivity contribution is -0.146. The van der Waals surface area contributed by atoms with Gasteiger partial charge in [-0.05, 0) is 30.5 Å². The van der Waals surface area contributed by atoms with Gasteiger partial charge in [0.1, 0.15) is 12.1 Å². The maximum atomic E-state index is 12.5. The number of para-hydroxylation sites is 1. The Balaban J connectivity index is 1.59. The number of carbonyl (C=O) groups is 3. The number of anilines is 1. The average Bonchev–Trinajstić information content (AvgIpc) is 3.27. The molecule has 0 aromatic heterocycles. The minimum Gasteiger partial charge on any atom is -0.505 e. The topological polar surface area (TPSA) is 98.7 Å². The monoisotopic (exact) mass is 421 g/mol. The van der Waals surface area contributed by atoms with Gasteiger partial charge in [0.15, 0.2) is 5.75 Å². The maximum absolute atomic E-state index is 12.5. The molecule has 1 amide bonds. The lowest BCUT2D eigenvalue weighted by atomic mass is 9.78. The summed E-state index contributed by atoms with van der Waals surface area (Å²) in [5.41, 5.74) is 1.15. The molecule has 2 unspecified atom stereocenters. The predicted molar refractivity (Wildman–Crippen MR) is 117 cm³/mol. The molecule has 7 heteroatoms. The van der Waals surface area contributed by atoms with Crippen LogP contribution in [-0.4, -0.2) is 53.7 Å². The molecule has 2 aliphatic rings. The number of rotatable bonds is 6. The summed E-state index contributed by atoms with van der Waals surface area (Å²) in [4.78, 5) is 38.6. The van der Waals surface area contributed by atoms with Crippen molar-refractivity contribution in [3.05, 3.63) is 59.7 Å². The summed E-state index contributed by atoms with van der Waals surface area (Å²) in [5, 5.41) is 17.1. The summed E-state index contributed by atoms with van der Waals surface area (Å²) >= 11 is 0. The summed E-state index contributed by atoms with van der Waals surface area (Å²) in [7, 11) is 3.20. The van der Waals surface area contributed by atoms with E-state index >= 15 is 0 Å². The second kappa shape index (κ2) is 8.15. The zero-order valence-corrected chi connectivity index (χ0v) is 17.7. The molecular weight excluding hydrogens is 394 g/mol. The van der Waals surface area contributed by atoms with Crippen molar-refractivity contribution in [1.29, 1.82) is 0 Å². The van der Waals surface area contributed by atoms with Crippen LogP contribution in [0.2, 0.25) is 0 Å². The quantitative estimate of drug-likeness (QED) is 0.490. The van der Waals surface area contributed by atoms with Crippen molar-refractivity contribution in [2.75, 3.05) is 19.4 Å². The van der Waals surface area contributed by atoms with Gasteiger partial charge >= 0.3 is 0 Å². The normalized spacial score (nSPS) is 22.1. The van der Waals surface area contributed by atoms with E-state index in [1.807, 2.05) is 30.3 Å². The number of hydrogen-bond acceptors (Lipinski definition) is 6. The molecular formula is C24H27N3O4. The molecule has 0 spiro atoms. The van der Waals surface area contributed by atoms with E-state index in [0.29, 0.717) is 0 Å². The van der Waals surface area contributed by atoms with Crippen LogP contribution >= 0.6 is 0 Å². The summed E-state index contributed by atoms with van der Waals surface area (Å²) in [5.74, 6) is -1.56. The number of phenols is 1. The fourth-order valence-electron chi connectivity index (χ4n) is 4.60. The van der Waals surface area contributed by atoms with Crippen LogP contribution in [0.15, 0.2) is 48.5 Å². The van der Waals surface area contributed by atoms with E-state index in [4.69, 9.17) is 0 Å². The largest absolute Gasteiger partial charge is 0.505 e. The van der Waals surface area contributed by atoms with Crippen LogP contribution in [0, 0.1) is 0 Å². The number of benzene rings is 2. The fourth-order valence-corrected chi connectivity index (χ4v) is 4.60. The second-order valence-electron chi connectivity index (χ2n) is 8.53. The van der Waals surface area contributed by atoms with Crippen molar-refractivity contribution >= 4 is 23.2 Å². The van der Waals surface area contributed by atoms with Crippen molar-refractivity contribution in [2.24, 2.45) is 0 Å². The predicted octanol–water partition coefficient (Wildman–Crippen LogP) is 2.45. The highest BCUT2D eigenvalue weighted by Crippen LogP contribution is 2.40. The van der Waals surface area contributed by atoms with Gasteiger partial charge in [-0.1, -0.05) is 49.2 Å². The van der Waals surface area contributed by atoms with E-state index in [1.54, 1.807) is 26.2 Å². The first-order chi connectivity index (χ1) is 14.8. The third-order valence-electron chi connectivity index (χ3n) is 6.34. The van der Waals surface area contributed by atoms with Gasteiger partial charge in [-0.3, -0.25) is 19.7 Å². The van der Waals surface area contributed by atoms with E-state index in [2.05, 4.69) is 10.6 Å². The van der Waals surface area contributed by atoms with E-state index in [-0.39, 0.29) is 28.4 Å². The molecule has 2 aromatic carbocycles. The van der Waals surface area contributed by atoms with Crippen LogP contribution in [0.1, 0.15) is 41.6 Å². The zero-order valence-electron chi connectivity index (χ0n) is 17.7. The lowest BCUT2D eigenvalue weighted by Gasteiger charge is -2.42. The minimum absolute atomic E-state index is 0.133. The Morgan fingerprint density at radius 1 is 0.968 bits per heavy atom. The third kappa shape index (κ3) is 3.70. The molecule has 0 heterocycles. The number of phenolic OH excluding ortho intramolecular Hbond substituents is 1. The van der Waals surface area contributed by atoms with Crippen LogP contribution in [-0.2, 0) is 15.1 Å². The molecule has 4 rings (SSSR count).